The molecule has 3 rings (SSSR count). The lowest BCUT2D eigenvalue weighted by Crippen LogP contribution is -2.35. The van der Waals surface area contributed by atoms with Gasteiger partial charge in [-0.15, -0.1) is 17.8 Å². The van der Waals surface area contributed by atoms with Crippen LogP contribution in [-0.4, -0.2) is 35.5 Å². The number of allylic oxidation sites excluding steroid dienone is 1. The molecular weight excluding hydrogens is 421 g/mol. The van der Waals surface area contributed by atoms with Crippen LogP contribution in [0.5, 0.6) is 0 Å². The first-order chi connectivity index (χ1) is 14.8. The number of hydrogen-bond donors (Lipinski definition) is 1. The Labute approximate surface area is 183 Å². The fraction of sp³-hybridized carbons (Fsp3) is 0.273. The van der Waals surface area contributed by atoms with E-state index in [1.807, 2.05) is 0 Å². The second-order valence-corrected chi connectivity index (χ2v) is 7.45. The summed E-state index contributed by atoms with van der Waals surface area (Å²) in [5.74, 6) is 0.963. The van der Waals surface area contributed by atoms with E-state index in [1.165, 1.54) is 36.5 Å². The fourth-order valence-corrected chi connectivity index (χ4v) is 3.63. The SMILES string of the molecule is C#Cc1cc(F)ccc1[C@@H]1N=C(c2nccs2)NC(C)=C1C(=O)O[C@H](C)C(=O)OCC. The monoisotopic (exact) mass is 441 g/mol. The molecule has 0 saturated carbocycles. The van der Waals surface area contributed by atoms with E-state index in [1.54, 1.807) is 25.4 Å². The van der Waals surface area contributed by atoms with Crippen molar-refractivity contribution in [1.29, 1.82) is 0 Å². The molecule has 160 valence electrons. The van der Waals surface area contributed by atoms with Crippen molar-refractivity contribution in [1.82, 2.24) is 10.3 Å². The van der Waals surface area contributed by atoms with Gasteiger partial charge in [-0.05, 0) is 38.5 Å². The molecule has 7 nitrogen and oxygen atoms in total. The van der Waals surface area contributed by atoms with Gasteiger partial charge in [-0.3, -0.25) is 4.99 Å². The van der Waals surface area contributed by atoms with Crippen LogP contribution in [0, 0.1) is 18.2 Å². The third kappa shape index (κ3) is 4.81. The highest BCUT2D eigenvalue weighted by atomic mass is 32.1. The third-order valence-electron chi connectivity index (χ3n) is 4.46. The number of esters is 2. The molecule has 2 heterocycles. The van der Waals surface area contributed by atoms with Gasteiger partial charge in [-0.1, -0.05) is 12.0 Å². The Morgan fingerprint density at radius 1 is 1.42 bits per heavy atom. The lowest BCUT2D eigenvalue weighted by molar-refractivity contribution is -0.164. The van der Waals surface area contributed by atoms with Gasteiger partial charge >= 0.3 is 11.9 Å². The van der Waals surface area contributed by atoms with Crippen molar-refractivity contribution in [3.63, 3.8) is 0 Å². The van der Waals surface area contributed by atoms with E-state index in [0.29, 0.717) is 22.1 Å². The highest BCUT2D eigenvalue weighted by molar-refractivity contribution is 7.11. The van der Waals surface area contributed by atoms with E-state index in [4.69, 9.17) is 15.9 Å². The van der Waals surface area contributed by atoms with Crippen molar-refractivity contribution >= 4 is 29.1 Å². The Kier molecular flexibility index (Phi) is 6.82. The van der Waals surface area contributed by atoms with Crippen LogP contribution in [0.3, 0.4) is 0 Å². The molecule has 0 aliphatic carbocycles. The van der Waals surface area contributed by atoms with Gasteiger partial charge in [0.1, 0.15) is 11.9 Å². The summed E-state index contributed by atoms with van der Waals surface area (Å²) in [7, 11) is 0. The van der Waals surface area contributed by atoms with Crippen molar-refractivity contribution in [2.24, 2.45) is 4.99 Å². The van der Waals surface area contributed by atoms with Crippen molar-refractivity contribution in [3.05, 3.63) is 63.0 Å². The van der Waals surface area contributed by atoms with Crippen molar-refractivity contribution in [2.45, 2.75) is 32.9 Å². The highest BCUT2D eigenvalue weighted by Gasteiger charge is 2.34. The Morgan fingerprint density at radius 2 is 2.19 bits per heavy atom. The van der Waals surface area contributed by atoms with Crippen LogP contribution in [-0.2, 0) is 19.1 Å². The second-order valence-electron chi connectivity index (χ2n) is 6.56. The minimum atomic E-state index is -1.11. The Hall–Kier alpha value is -3.51. The third-order valence-corrected chi connectivity index (χ3v) is 5.24. The summed E-state index contributed by atoms with van der Waals surface area (Å²) < 4.78 is 24.0. The van der Waals surface area contributed by atoms with E-state index in [0.717, 1.165) is 0 Å². The minimum absolute atomic E-state index is 0.152. The fourth-order valence-electron chi connectivity index (χ4n) is 3.04. The zero-order valence-corrected chi connectivity index (χ0v) is 18.0. The van der Waals surface area contributed by atoms with Gasteiger partial charge in [0, 0.05) is 22.8 Å². The number of nitrogens with one attached hydrogen (secondary N) is 1. The number of thiazole rings is 1. The average Bonchev–Trinajstić information content (AvgIpc) is 3.28. The number of carbonyl (C=O) groups excluding carboxylic acids is 2. The minimum Gasteiger partial charge on any atom is -0.463 e. The number of aliphatic imine (C=N–C) groups is 1. The highest BCUT2D eigenvalue weighted by Crippen LogP contribution is 2.34. The van der Waals surface area contributed by atoms with Crippen LogP contribution in [0.4, 0.5) is 4.39 Å². The molecule has 0 unspecified atom stereocenters. The predicted molar refractivity (Wildman–Crippen MR) is 114 cm³/mol. The quantitative estimate of drug-likeness (QED) is 0.547. The number of hydrogen-bond acceptors (Lipinski definition) is 8. The first-order valence-corrected chi connectivity index (χ1v) is 10.3. The molecule has 0 radical (unpaired) electrons. The topological polar surface area (TPSA) is 89.9 Å². The van der Waals surface area contributed by atoms with Crippen LogP contribution in [0.2, 0.25) is 0 Å². The van der Waals surface area contributed by atoms with E-state index < -0.39 is 29.9 Å². The molecule has 0 fully saturated rings. The molecule has 0 bridgehead atoms. The Morgan fingerprint density at radius 3 is 2.84 bits per heavy atom. The molecular formula is C22H20FN3O4S. The molecule has 0 amide bonds. The van der Waals surface area contributed by atoms with Crippen LogP contribution in [0.1, 0.15) is 42.9 Å². The van der Waals surface area contributed by atoms with Crippen molar-refractivity contribution in [2.75, 3.05) is 6.61 Å². The molecule has 1 N–H and O–H groups in total. The first kappa shape index (κ1) is 22.2. The van der Waals surface area contributed by atoms with Gasteiger partial charge in [0.2, 0.25) is 0 Å². The normalized spacial score (nSPS) is 16.6. The molecule has 0 spiro atoms. The number of nitrogens with zero attached hydrogens (tertiary/aromatic N) is 2. The maximum atomic E-state index is 13.8. The largest absolute Gasteiger partial charge is 0.463 e. The zero-order valence-electron chi connectivity index (χ0n) is 17.1. The number of aromatic nitrogens is 1. The molecule has 2 atom stereocenters. The number of halogens is 1. The van der Waals surface area contributed by atoms with Crippen LogP contribution < -0.4 is 5.32 Å². The molecule has 1 aliphatic rings. The van der Waals surface area contributed by atoms with E-state index in [2.05, 4.69) is 21.2 Å². The summed E-state index contributed by atoms with van der Waals surface area (Å²) in [6.07, 6.45) is 6.10. The number of benzene rings is 1. The molecule has 9 heteroatoms. The molecule has 2 aromatic rings. The summed E-state index contributed by atoms with van der Waals surface area (Å²) >= 11 is 1.37. The van der Waals surface area contributed by atoms with Gasteiger partial charge in [0.15, 0.2) is 16.9 Å². The van der Waals surface area contributed by atoms with Crippen molar-refractivity contribution in [3.8, 4) is 12.3 Å². The van der Waals surface area contributed by atoms with Gasteiger partial charge < -0.3 is 14.8 Å². The second kappa shape index (κ2) is 9.53. The van der Waals surface area contributed by atoms with Crippen LogP contribution in [0.15, 0.2) is 46.0 Å². The molecule has 1 aromatic carbocycles. The van der Waals surface area contributed by atoms with Crippen molar-refractivity contribution < 1.29 is 23.5 Å². The number of terminal acetylenes is 1. The van der Waals surface area contributed by atoms with Crippen LogP contribution >= 0.6 is 11.3 Å². The van der Waals surface area contributed by atoms with Crippen LogP contribution in [0.25, 0.3) is 0 Å². The Balaban J connectivity index is 2.04. The summed E-state index contributed by atoms with van der Waals surface area (Å²) in [5, 5.41) is 5.47. The Bertz CT molecular complexity index is 1100. The average molecular weight is 441 g/mol. The molecule has 1 aliphatic heterocycles. The summed E-state index contributed by atoms with van der Waals surface area (Å²) in [5.41, 5.74) is 1.32. The smallest absolute Gasteiger partial charge is 0.347 e. The maximum absolute atomic E-state index is 13.8. The predicted octanol–water partition coefficient (Wildman–Crippen LogP) is 3.12. The number of rotatable bonds is 6. The number of carbonyl (C=O) groups is 2. The lowest BCUT2D eigenvalue weighted by Gasteiger charge is -2.27. The van der Waals surface area contributed by atoms with Gasteiger partial charge in [-0.25, -0.2) is 19.0 Å². The van der Waals surface area contributed by atoms with Gasteiger partial charge in [-0.2, -0.15) is 0 Å². The standard InChI is InChI=1S/C22H20FN3O4S/c1-5-14-11-15(23)7-8-16(14)18-17(22(28)30-13(4)21(27)29-6-2)12(3)25-19(26-18)20-24-9-10-31-20/h1,7-11,13,18H,6H2,2-4H3,(H,25,26)/t13-,18+/m1/s1. The molecule has 0 saturated heterocycles. The summed E-state index contributed by atoms with van der Waals surface area (Å²) in [6, 6.07) is 3.05. The maximum Gasteiger partial charge on any atom is 0.347 e. The summed E-state index contributed by atoms with van der Waals surface area (Å²) in [6.45, 7) is 4.92. The number of amidine groups is 1. The molecule has 1 aromatic heterocycles. The van der Waals surface area contributed by atoms with Gasteiger partial charge in [0.05, 0.1) is 12.2 Å². The zero-order chi connectivity index (χ0) is 22.5. The van der Waals surface area contributed by atoms with E-state index >= 15 is 0 Å². The first-order valence-electron chi connectivity index (χ1n) is 9.44. The lowest BCUT2D eigenvalue weighted by atomic mass is 9.92. The molecule has 31 heavy (non-hydrogen) atoms. The number of ether oxygens (including phenoxy) is 2. The van der Waals surface area contributed by atoms with Gasteiger partial charge in [0.25, 0.3) is 0 Å². The summed E-state index contributed by atoms with van der Waals surface area (Å²) in [4.78, 5) is 33.8. The van der Waals surface area contributed by atoms with E-state index in [9.17, 15) is 14.0 Å². The van der Waals surface area contributed by atoms with E-state index in [-0.39, 0.29) is 17.7 Å².